The molecule has 0 bridgehead atoms. The van der Waals surface area contributed by atoms with E-state index in [0.717, 1.165) is 12.0 Å². The normalized spacial score (nSPS) is 13.9. The van der Waals surface area contributed by atoms with Crippen LogP contribution in [0.3, 0.4) is 0 Å². The van der Waals surface area contributed by atoms with Gasteiger partial charge in [-0.1, -0.05) is 90.4 Å². The second-order valence-electron chi connectivity index (χ2n) is 7.09. The van der Waals surface area contributed by atoms with E-state index in [2.05, 4.69) is 6.92 Å². The smallest absolute Gasteiger partial charge is 0.132 e. The maximum atomic E-state index is 8.49. The monoisotopic (exact) mass is 533 g/mol. The molecule has 0 amide bonds. The summed E-state index contributed by atoms with van der Waals surface area (Å²) in [7, 11) is -4.94. The van der Waals surface area contributed by atoms with Gasteiger partial charge in [-0.25, -0.2) is 18.6 Å². The van der Waals surface area contributed by atoms with Crippen LogP contribution >= 0.6 is 0 Å². The fraction of sp³-hybridized carbons (Fsp3) is 0.625. The molecule has 0 saturated heterocycles. The molecule has 3 rings (SSSR count). The molecule has 5 nitrogen and oxygen atoms in total. The molecule has 1 aromatic carbocycles. The van der Waals surface area contributed by atoms with Gasteiger partial charge >= 0.3 is 0 Å². The van der Waals surface area contributed by atoms with E-state index in [1.165, 1.54) is 77.0 Å². The van der Waals surface area contributed by atoms with Gasteiger partial charge in [0.15, 0.2) is 0 Å². The third-order valence-corrected chi connectivity index (χ3v) is 4.35. The van der Waals surface area contributed by atoms with Gasteiger partial charge in [0.1, 0.15) is 12.2 Å². The first-order valence-electron chi connectivity index (χ1n) is 11.0. The van der Waals surface area contributed by atoms with E-state index in [1.807, 2.05) is 30.3 Å². The Morgan fingerprint density at radius 1 is 0.871 bits per heavy atom. The predicted molar refractivity (Wildman–Crippen MR) is 111 cm³/mol. The average Bonchev–Trinajstić information content (AvgIpc) is 3.46. The van der Waals surface area contributed by atoms with Gasteiger partial charge in [-0.15, -0.1) is 10.2 Å². The summed E-state index contributed by atoms with van der Waals surface area (Å²) >= 11 is 0. The van der Waals surface area contributed by atoms with Crippen LogP contribution in [0.2, 0.25) is 0 Å². The third kappa shape index (κ3) is 40.7. The Morgan fingerprint density at radius 3 is 1.45 bits per heavy atom. The van der Waals surface area contributed by atoms with Crippen molar-refractivity contribution in [1.82, 2.24) is 0 Å². The van der Waals surface area contributed by atoms with Crippen LogP contribution in [-0.4, -0.2) is 11.7 Å². The molecule has 31 heavy (non-hydrogen) atoms. The predicted octanol–water partition coefficient (Wildman–Crippen LogP) is 2.54. The summed E-state index contributed by atoms with van der Waals surface area (Å²) in [4.78, 5) is 0. The largest absolute Gasteiger partial charge is 0.518 e. The average molecular weight is 535 g/mol. The molecule has 2 aliphatic carbocycles. The van der Waals surface area contributed by atoms with Crippen LogP contribution in [0.4, 0.5) is 0 Å². The van der Waals surface area contributed by atoms with E-state index >= 15 is 0 Å². The molecule has 0 atom stereocenters. The first-order chi connectivity index (χ1) is 14.3. The molecular formula is C24H40ClO5Zr-. The zero-order valence-corrected chi connectivity index (χ0v) is 22.2. The number of hydrogen-bond acceptors (Lipinski definition) is 5. The molecular weight excluding hydrogens is 495 g/mol. The molecule has 178 valence electrons. The summed E-state index contributed by atoms with van der Waals surface area (Å²) in [6.07, 6.45) is 22.0. The summed E-state index contributed by atoms with van der Waals surface area (Å²) in [5, 5.41) is 8.46. The van der Waals surface area contributed by atoms with E-state index in [-0.39, 0.29) is 32.8 Å². The number of aliphatic hydroxyl groups is 1. The van der Waals surface area contributed by atoms with Crippen molar-refractivity contribution >= 4 is 0 Å². The minimum Gasteiger partial charge on any atom is -0.518 e. The molecule has 0 spiro atoms. The minimum absolute atomic E-state index is 0. The van der Waals surface area contributed by atoms with Crippen LogP contribution in [0.25, 0.3) is 0 Å². The summed E-state index contributed by atoms with van der Waals surface area (Å²) in [5.41, 5.74) is 1.07. The van der Waals surface area contributed by atoms with Crippen LogP contribution in [0.1, 0.15) is 96.0 Å². The Hall–Kier alpha value is -0.197. The van der Waals surface area contributed by atoms with Gasteiger partial charge in [0, 0.05) is 44.8 Å². The van der Waals surface area contributed by atoms with Crippen molar-refractivity contribution in [3.05, 3.63) is 55.0 Å². The summed E-state index contributed by atoms with van der Waals surface area (Å²) < 4.78 is 34.0. The summed E-state index contributed by atoms with van der Waals surface area (Å²) in [6.45, 7) is 7.36. The Kier molecular flexibility index (Phi) is 31.8. The zero-order valence-electron chi connectivity index (χ0n) is 19.0. The fourth-order valence-corrected chi connectivity index (χ4v) is 2.78. The van der Waals surface area contributed by atoms with E-state index in [1.54, 1.807) is 12.5 Å². The van der Waals surface area contributed by atoms with Crippen LogP contribution < -0.4 is 18.6 Å². The molecule has 0 radical (unpaired) electrons. The van der Waals surface area contributed by atoms with Crippen LogP contribution in [0.5, 0.6) is 0 Å². The van der Waals surface area contributed by atoms with Crippen LogP contribution in [0.15, 0.2) is 36.4 Å². The van der Waals surface area contributed by atoms with Gasteiger partial charge in [-0.05, 0) is 18.2 Å². The standard InChI is InChI=1S/C8H9O.C6H11.2C5H10.ClHO4.Zr/c9-7-6-8-4-2-1-3-5-8;1-3-5-6-4-2;2*1-2-4-5-3-1;2-1(3,4)5;/h1-6,9H,7H2;1,3H,4-6H2,2H3;2*1-5H2;(H,2,3,4,5);/q+1;-1;;;;/p-1. The second kappa shape index (κ2) is 27.8. The maximum absolute atomic E-state index is 8.49. The summed E-state index contributed by atoms with van der Waals surface area (Å²) in [6, 6.07) is 9.75. The Balaban J connectivity index is -0.000000321. The Bertz CT molecular complexity index is 416. The maximum Gasteiger partial charge on any atom is 0.132 e. The zero-order chi connectivity index (χ0) is 22.9. The molecule has 0 heterocycles. The molecule has 1 aromatic rings. The van der Waals surface area contributed by atoms with Gasteiger partial charge in [-0.2, -0.15) is 0 Å². The van der Waals surface area contributed by atoms with Gasteiger partial charge < -0.3 is 11.7 Å². The van der Waals surface area contributed by atoms with Gasteiger partial charge in [0.05, 0.1) is 0 Å². The molecule has 2 fully saturated rings. The number of hydrogen-bond donors (Lipinski definition) is 1. The number of allylic oxidation sites excluding steroid dienone is 1. The number of benzene rings is 1. The van der Waals surface area contributed by atoms with Crippen LogP contribution in [0, 0.1) is 23.2 Å². The van der Waals surface area contributed by atoms with E-state index in [9.17, 15) is 0 Å². The number of unbranched alkanes of at least 4 members (excludes halogenated alkanes) is 2. The van der Waals surface area contributed by atoms with E-state index < -0.39 is 10.2 Å². The minimum atomic E-state index is -4.94. The second-order valence-corrected chi connectivity index (χ2v) is 7.84. The van der Waals surface area contributed by atoms with Crippen molar-refractivity contribution in [2.24, 2.45) is 0 Å². The molecule has 1 N–H and O–H groups in total. The molecule has 0 aromatic heterocycles. The molecule has 0 aliphatic heterocycles. The van der Waals surface area contributed by atoms with Crippen molar-refractivity contribution < 1.29 is 60.2 Å². The molecule has 0 unspecified atom stereocenters. The van der Waals surface area contributed by atoms with Gasteiger partial charge in [0.25, 0.3) is 0 Å². The number of rotatable bonds is 5. The molecule has 2 saturated carbocycles. The quantitative estimate of drug-likeness (QED) is 0.460. The topological polar surface area (TPSA) is 112 Å². The third-order valence-electron chi connectivity index (χ3n) is 4.35. The Labute approximate surface area is 211 Å². The molecule has 2 aliphatic rings. The van der Waals surface area contributed by atoms with E-state index in [0.29, 0.717) is 0 Å². The van der Waals surface area contributed by atoms with E-state index in [4.69, 9.17) is 30.3 Å². The van der Waals surface area contributed by atoms with Crippen molar-refractivity contribution in [3.63, 3.8) is 0 Å². The number of halogens is 1. The molecule has 7 heteroatoms. The van der Waals surface area contributed by atoms with Crippen LogP contribution in [-0.2, 0) is 26.2 Å². The van der Waals surface area contributed by atoms with Crippen molar-refractivity contribution in [2.75, 3.05) is 6.61 Å². The Morgan fingerprint density at radius 2 is 1.23 bits per heavy atom. The fourth-order valence-electron chi connectivity index (χ4n) is 2.78. The van der Waals surface area contributed by atoms with Crippen molar-refractivity contribution in [2.45, 2.75) is 90.4 Å². The van der Waals surface area contributed by atoms with Crippen molar-refractivity contribution in [1.29, 1.82) is 0 Å². The first-order valence-corrected chi connectivity index (χ1v) is 12.2. The number of aliphatic hydroxyl groups excluding tert-OH is 1. The van der Waals surface area contributed by atoms with Gasteiger partial charge in [0.2, 0.25) is 0 Å². The SMILES string of the molecule is C1CCCC1.C1CCCC1.OC[CH+]c1ccccc1.[CH-]=CCCCC.[O-][Cl+3]([O-])([O-])[O-].[Zr]. The first kappa shape index (κ1) is 35.4. The van der Waals surface area contributed by atoms with Crippen molar-refractivity contribution in [3.8, 4) is 0 Å². The summed E-state index contributed by atoms with van der Waals surface area (Å²) in [5.74, 6) is 0. The van der Waals surface area contributed by atoms with Gasteiger partial charge in [-0.3, -0.25) is 6.08 Å².